The number of hydrogen-bond acceptors (Lipinski definition) is 4. The van der Waals surface area contributed by atoms with Gasteiger partial charge >= 0.3 is 0 Å². The first kappa shape index (κ1) is 52.0. The molecule has 0 heterocycles. The molecule has 0 saturated heterocycles. The molecule has 0 aliphatic rings. The largest absolute Gasteiger partial charge is 0.387 e. The van der Waals surface area contributed by atoms with E-state index in [4.69, 9.17) is 0 Å². The number of unbranched alkanes of at least 4 members (excludes halogenated alkanes) is 24. The lowest BCUT2D eigenvalue weighted by Gasteiger charge is -2.21. The van der Waals surface area contributed by atoms with E-state index in [2.05, 4.69) is 67.8 Å². The van der Waals surface area contributed by atoms with Crippen molar-refractivity contribution in [2.45, 2.75) is 225 Å². The summed E-state index contributed by atoms with van der Waals surface area (Å²) in [7, 11) is -4.36. The Hall–Kier alpha value is -1.96. The van der Waals surface area contributed by atoms with Gasteiger partial charge in [-0.2, -0.15) is 8.42 Å². The Kier molecular flexibility index (Phi) is 39.2. The molecule has 0 rings (SSSR count). The van der Waals surface area contributed by atoms with E-state index in [1.807, 2.05) is 0 Å². The lowest BCUT2D eigenvalue weighted by atomic mass is 10.0. The van der Waals surface area contributed by atoms with Crippen molar-refractivity contribution in [3.8, 4) is 0 Å². The molecule has 0 aromatic heterocycles. The molecule has 0 radical (unpaired) electrons. The SMILES string of the molecule is CCCCCCC/C=C\C/C=C\CCCCCCCCCCCCCC(=O)NC(CS(=O)(=O)O)C(O)/C=C/CC/C=C/CC/C=C/CCCCCCCC. The second kappa shape index (κ2) is 40.7. The van der Waals surface area contributed by atoms with Gasteiger partial charge < -0.3 is 10.4 Å². The Morgan fingerprint density at radius 3 is 1.28 bits per heavy atom. The van der Waals surface area contributed by atoms with Crippen LogP contribution in [-0.4, -0.2) is 41.9 Å². The van der Waals surface area contributed by atoms with Gasteiger partial charge in [0.25, 0.3) is 10.1 Å². The summed E-state index contributed by atoms with van der Waals surface area (Å²) in [4.78, 5) is 12.5. The van der Waals surface area contributed by atoms with Gasteiger partial charge in [0.2, 0.25) is 5.91 Å². The molecule has 0 aromatic rings. The van der Waals surface area contributed by atoms with E-state index in [9.17, 15) is 22.9 Å². The quantitative estimate of drug-likeness (QED) is 0.0327. The van der Waals surface area contributed by atoms with Gasteiger partial charge in [0.05, 0.1) is 17.9 Å². The highest BCUT2D eigenvalue weighted by Crippen LogP contribution is 2.14. The zero-order valence-electron chi connectivity index (χ0n) is 35.1. The van der Waals surface area contributed by atoms with Crippen molar-refractivity contribution in [1.29, 1.82) is 0 Å². The molecule has 0 fully saturated rings. The van der Waals surface area contributed by atoms with Gasteiger partial charge in [0.15, 0.2) is 0 Å². The Bertz CT molecular complexity index is 1080. The molecule has 3 N–H and O–H groups in total. The Morgan fingerprint density at radius 2 is 0.852 bits per heavy atom. The molecule has 0 aliphatic carbocycles. The third-order valence-electron chi connectivity index (χ3n) is 9.89. The predicted octanol–water partition coefficient (Wildman–Crippen LogP) is 13.6. The van der Waals surface area contributed by atoms with Crippen LogP contribution >= 0.6 is 0 Å². The Morgan fingerprint density at radius 1 is 0.500 bits per heavy atom. The van der Waals surface area contributed by atoms with Crippen LogP contribution in [0.4, 0.5) is 0 Å². The number of nitrogens with one attached hydrogen (secondary N) is 1. The number of rotatable bonds is 40. The standard InChI is InChI=1S/C47H85NO5S/c1-3-5-7-9-11-13-15-17-19-21-22-23-24-25-26-27-29-31-33-35-37-39-41-43-47(50)48-45(44-54(51,52)53)46(49)42-40-38-36-34-32-30-28-20-18-16-14-12-10-8-6-4-2/h15,17-18,20-22,32,34,40,42,45-46,49H,3-14,16,19,23-31,33,35-39,41,43-44H2,1-2H3,(H,48,50)(H,51,52,53)/b17-15-,20-18+,22-21-,34-32+,42-40+. The fourth-order valence-corrected chi connectivity index (χ4v) is 7.25. The molecule has 0 saturated carbocycles. The van der Waals surface area contributed by atoms with Gasteiger partial charge in [0.1, 0.15) is 0 Å². The molecule has 1 amide bonds. The van der Waals surface area contributed by atoms with Gasteiger partial charge in [-0.3, -0.25) is 9.35 Å². The Labute approximate surface area is 334 Å². The third-order valence-corrected chi connectivity index (χ3v) is 10.7. The summed E-state index contributed by atoms with van der Waals surface area (Å²) in [5.74, 6) is -1.01. The van der Waals surface area contributed by atoms with Crippen molar-refractivity contribution in [2.24, 2.45) is 0 Å². The van der Waals surface area contributed by atoms with Crippen molar-refractivity contribution in [3.05, 3.63) is 60.8 Å². The normalized spacial score (nSPS) is 13.8. The van der Waals surface area contributed by atoms with Crippen LogP contribution in [0.1, 0.15) is 213 Å². The molecule has 314 valence electrons. The van der Waals surface area contributed by atoms with Crippen LogP contribution in [0.2, 0.25) is 0 Å². The van der Waals surface area contributed by atoms with Crippen molar-refractivity contribution in [2.75, 3.05) is 5.75 Å². The molecule has 54 heavy (non-hydrogen) atoms. The van der Waals surface area contributed by atoms with Crippen molar-refractivity contribution in [3.63, 3.8) is 0 Å². The van der Waals surface area contributed by atoms with Crippen LogP contribution in [0, 0.1) is 0 Å². The van der Waals surface area contributed by atoms with E-state index in [0.717, 1.165) is 44.9 Å². The van der Waals surface area contributed by atoms with Crippen molar-refractivity contribution < 1.29 is 22.9 Å². The number of carbonyl (C=O) groups is 1. The average molecular weight is 776 g/mol. The molecule has 2 unspecified atom stereocenters. The molecule has 6 nitrogen and oxygen atoms in total. The number of aliphatic hydroxyl groups is 1. The fraction of sp³-hybridized carbons (Fsp3) is 0.766. The maximum atomic E-state index is 12.5. The fourth-order valence-electron chi connectivity index (χ4n) is 6.51. The molecule has 0 spiro atoms. The summed E-state index contributed by atoms with van der Waals surface area (Å²) in [5, 5.41) is 13.2. The average Bonchev–Trinajstić information content (AvgIpc) is 3.14. The summed E-state index contributed by atoms with van der Waals surface area (Å²) < 4.78 is 32.5. The van der Waals surface area contributed by atoms with E-state index in [0.29, 0.717) is 6.42 Å². The zero-order chi connectivity index (χ0) is 39.6. The molecule has 0 bridgehead atoms. The maximum absolute atomic E-state index is 12.5. The highest BCUT2D eigenvalue weighted by Gasteiger charge is 2.24. The van der Waals surface area contributed by atoms with Gasteiger partial charge in [-0.05, 0) is 77.0 Å². The Balaban J connectivity index is 3.91. The lowest BCUT2D eigenvalue weighted by molar-refractivity contribution is -0.122. The highest BCUT2D eigenvalue weighted by atomic mass is 32.2. The minimum Gasteiger partial charge on any atom is -0.387 e. The molecule has 7 heteroatoms. The van der Waals surface area contributed by atoms with E-state index in [1.54, 1.807) is 6.08 Å². The van der Waals surface area contributed by atoms with E-state index < -0.39 is 28.0 Å². The minimum absolute atomic E-state index is 0.280. The topological polar surface area (TPSA) is 104 Å². The zero-order valence-corrected chi connectivity index (χ0v) is 35.9. The third kappa shape index (κ3) is 41.2. The van der Waals surface area contributed by atoms with Crippen LogP contribution in [-0.2, 0) is 14.9 Å². The van der Waals surface area contributed by atoms with Crippen molar-refractivity contribution >= 4 is 16.0 Å². The van der Waals surface area contributed by atoms with Crippen LogP contribution < -0.4 is 5.32 Å². The van der Waals surface area contributed by atoms with Gasteiger partial charge in [-0.15, -0.1) is 0 Å². The summed E-state index contributed by atoms with van der Waals surface area (Å²) in [5.41, 5.74) is 0. The van der Waals surface area contributed by atoms with Gasteiger partial charge in [-0.1, -0.05) is 190 Å². The molecular weight excluding hydrogens is 691 g/mol. The number of amides is 1. The molecule has 2 atom stereocenters. The summed E-state index contributed by atoms with van der Waals surface area (Å²) >= 11 is 0. The van der Waals surface area contributed by atoms with Crippen LogP contribution in [0.3, 0.4) is 0 Å². The number of carbonyl (C=O) groups excluding carboxylic acids is 1. The smallest absolute Gasteiger partial charge is 0.267 e. The number of allylic oxidation sites excluding steroid dienone is 9. The molecular formula is C47H85NO5S. The number of aliphatic hydroxyl groups excluding tert-OH is 1. The van der Waals surface area contributed by atoms with E-state index >= 15 is 0 Å². The molecule has 0 aromatic carbocycles. The van der Waals surface area contributed by atoms with Crippen LogP contribution in [0.15, 0.2) is 60.8 Å². The summed E-state index contributed by atoms with van der Waals surface area (Å²) in [6.07, 6.45) is 56.4. The first-order valence-electron chi connectivity index (χ1n) is 22.5. The van der Waals surface area contributed by atoms with Crippen LogP contribution in [0.25, 0.3) is 0 Å². The first-order valence-corrected chi connectivity index (χ1v) is 24.1. The van der Waals surface area contributed by atoms with Crippen molar-refractivity contribution in [1.82, 2.24) is 5.32 Å². The van der Waals surface area contributed by atoms with Crippen LogP contribution in [0.5, 0.6) is 0 Å². The minimum atomic E-state index is -4.36. The van der Waals surface area contributed by atoms with E-state index in [-0.39, 0.29) is 12.3 Å². The summed E-state index contributed by atoms with van der Waals surface area (Å²) in [6.45, 7) is 4.51. The highest BCUT2D eigenvalue weighted by molar-refractivity contribution is 7.85. The predicted molar refractivity (Wildman–Crippen MR) is 235 cm³/mol. The summed E-state index contributed by atoms with van der Waals surface area (Å²) in [6, 6.07) is -1.08. The maximum Gasteiger partial charge on any atom is 0.267 e. The monoisotopic (exact) mass is 776 g/mol. The first-order chi connectivity index (χ1) is 26.3. The lowest BCUT2D eigenvalue weighted by Crippen LogP contribution is -2.46. The molecule has 0 aliphatic heterocycles. The second-order valence-electron chi connectivity index (χ2n) is 15.3. The van der Waals surface area contributed by atoms with Gasteiger partial charge in [-0.25, -0.2) is 0 Å². The van der Waals surface area contributed by atoms with E-state index in [1.165, 1.54) is 147 Å². The number of hydrogen-bond donors (Lipinski definition) is 3. The second-order valence-corrected chi connectivity index (χ2v) is 16.8. The van der Waals surface area contributed by atoms with Gasteiger partial charge in [0, 0.05) is 6.42 Å².